The molecular formula is C24H23ClN2O3. The monoisotopic (exact) mass is 422 g/mol. The molecule has 0 saturated carbocycles. The molecule has 1 N–H and O–H groups in total. The lowest BCUT2D eigenvalue weighted by molar-refractivity contribution is -0.123. The second kappa shape index (κ2) is 10.5. The maximum Gasteiger partial charge on any atom is 0.277 e. The van der Waals surface area contributed by atoms with Crippen molar-refractivity contribution in [3.05, 3.63) is 94.0 Å². The molecule has 3 aromatic carbocycles. The quantitative estimate of drug-likeness (QED) is 0.407. The minimum atomic E-state index is -0.327. The van der Waals surface area contributed by atoms with Gasteiger partial charge in [-0.1, -0.05) is 41.9 Å². The fourth-order valence-corrected chi connectivity index (χ4v) is 2.85. The lowest BCUT2D eigenvalue weighted by atomic mass is 10.1. The minimum Gasteiger partial charge on any atom is -0.489 e. The van der Waals surface area contributed by atoms with Crippen molar-refractivity contribution >= 4 is 23.7 Å². The van der Waals surface area contributed by atoms with Crippen molar-refractivity contribution in [3.63, 3.8) is 0 Å². The average molecular weight is 423 g/mol. The van der Waals surface area contributed by atoms with E-state index in [0.717, 1.165) is 28.0 Å². The SMILES string of the molecule is Cc1cccc(OCC(=O)N/N=C/c2ccc(OCc3ccccc3Cl)cc2)c1C. The Morgan fingerprint density at radius 3 is 2.53 bits per heavy atom. The van der Waals surface area contributed by atoms with Gasteiger partial charge in [-0.2, -0.15) is 5.10 Å². The first-order chi connectivity index (χ1) is 14.5. The Kier molecular flexibility index (Phi) is 7.46. The summed E-state index contributed by atoms with van der Waals surface area (Å²) < 4.78 is 11.3. The van der Waals surface area contributed by atoms with Crippen molar-refractivity contribution in [2.24, 2.45) is 5.10 Å². The van der Waals surface area contributed by atoms with Crippen molar-refractivity contribution in [1.82, 2.24) is 5.43 Å². The first-order valence-corrected chi connectivity index (χ1v) is 9.88. The smallest absolute Gasteiger partial charge is 0.277 e. The van der Waals surface area contributed by atoms with Gasteiger partial charge in [-0.25, -0.2) is 5.43 Å². The number of nitrogens with zero attached hydrogens (tertiary/aromatic N) is 1. The van der Waals surface area contributed by atoms with Crippen LogP contribution in [0.15, 0.2) is 71.8 Å². The highest BCUT2D eigenvalue weighted by Crippen LogP contribution is 2.20. The molecule has 0 aliphatic heterocycles. The Bertz CT molecular complexity index is 1030. The van der Waals surface area contributed by atoms with E-state index < -0.39 is 0 Å². The Labute approximate surface area is 181 Å². The molecule has 5 nitrogen and oxygen atoms in total. The first kappa shape index (κ1) is 21.4. The fraction of sp³-hybridized carbons (Fsp3) is 0.167. The molecule has 154 valence electrons. The van der Waals surface area contributed by atoms with E-state index >= 15 is 0 Å². The van der Waals surface area contributed by atoms with Gasteiger partial charge in [0.25, 0.3) is 5.91 Å². The largest absolute Gasteiger partial charge is 0.489 e. The van der Waals surface area contributed by atoms with Crippen LogP contribution >= 0.6 is 11.6 Å². The topological polar surface area (TPSA) is 59.9 Å². The zero-order valence-electron chi connectivity index (χ0n) is 16.9. The summed E-state index contributed by atoms with van der Waals surface area (Å²) >= 11 is 6.13. The number of aryl methyl sites for hydroxylation is 1. The summed E-state index contributed by atoms with van der Waals surface area (Å²) in [6.45, 7) is 4.25. The van der Waals surface area contributed by atoms with Gasteiger partial charge < -0.3 is 9.47 Å². The number of hydrazone groups is 1. The van der Waals surface area contributed by atoms with Gasteiger partial charge in [0, 0.05) is 10.6 Å². The lowest BCUT2D eigenvalue weighted by Crippen LogP contribution is -2.24. The molecule has 0 fully saturated rings. The maximum atomic E-state index is 11.9. The van der Waals surface area contributed by atoms with Gasteiger partial charge >= 0.3 is 0 Å². The van der Waals surface area contributed by atoms with Crippen molar-refractivity contribution in [2.45, 2.75) is 20.5 Å². The highest BCUT2D eigenvalue weighted by Gasteiger charge is 2.05. The Morgan fingerprint density at radius 1 is 1.00 bits per heavy atom. The van der Waals surface area contributed by atoms with Gasteiger partial charge in [0.15, 0.2) is 6.61 Å². The van der Waals surface area contributed by atoms with Crippen molar-refractivity contribution in [2.75, 3.05) is 6.61 Å². The van der Waals surface area contributed by atoms with Crippen LogP contribution < -0.4 is 14.9 Å². The molecule has 0 aromatic heterocycles. The van der Waals surface area contributed by atoms with Crippen molar-refractivity contribution < 1.29 is 14.3 Å². The van der Waals surface area contributed by atoms with Crippen LogP contribution in [0.5, 0.6) is 11.5 Å². The highest BCUT2D eigenvalue weighted by molar-refractivity contribution is 6.31. The number of hydrogen-bond acceptors (Lipinski definition) is 4. The molecule has 30 heavy (non-hydrogen) atoms. The first-order valence-electron chi connectivity index (χ1n) is 9.50. The molecule has 0 aliphatic rings. The molecule has 0 heterocycles. The number of halogens is 1. The van der Waals surface area contributed by atoms with Crippen molar-refractivity contribution in [3.8, 4) is 11.5 Å². The van der Waals surface area contributed by atoms with E-state index in [-0.39, 0.29) is 12.5 Å². The lowest BCUT2D eigenvalue weighted by Gasteiger charge is -2.09. The number of amides is 1. The standard InChI is InChI=1S/C24H23ClN2O3/c1-17-6-5-9-23(18(17)2)30-16-24(28)27-26-14-19-10-12-21(13-11-19)29-15-20-7-3-4-8-22(20)25/h3-14H,15-16H2,1-2H3,(H,27,28)/b26-14+. The van der Waals surface area contributed by atoms with E-state index in [9.17, 15) is 4.79 Å². The van der Waals surface area contributed by atoms with E-state index in [2.05, 4.69) is 10.5 Å². The summed E-state index contributed by atoms with van der Waals surface area (Å²) in [4.78, 5) is 11.9. The van der Waals surface area contributed by atoms with E-state index in [1.54, 1.807) is 6.21 Å². The van der Waals surface area contributed by atoms with Crippen LogP contribution in [0, 0.1) is 13.8 Å². The number of ether oxygens (including phenoxy) is 2. The van der Waals surface area contributed by atoms with Gasteiger partial charge in [-0.05, 0) is 66.9 Å². The van der Waals surface area contributed by atoms with E-state index in [1.807, 2.05) is 80.6 Å². The van der Waals surface area contributed by atoms with Crippen LogP contribution in [0.1, 0.15) is 22.3 Å². The average Bonchev–Trinajstić information content (AvgIpc) is 2.75. The Morgan fingerprint density at radius 2 is 1.77 bits per heavy atom. The Balaban J connectivity index is 1.45. The molecule has 0 unspecified atom stereocenters. The molecule has 0 atom stereocenters. The zero-order valence-corrected chi connectivity index (χ0v) is 17.6. The third-order valence-corrected chi connectivity index (χ3v) is 4.92. The molecule has 3 aromatic rings. The third kappa shape index (κ3) is 6.09. The van der Waals surface area contributed by atoms with Crippen LogP contribution in [0.3, 0.4) is 0 Å². The predicted octanol–water partition coefficient (Wildman–Crippen LogP) is 5.06. The van der Waals surface area contributed by atoms with Gasteiger partial charge in [0.05, 0.1) is 6.21 Å². The van der Waals surface area contributed by atoms with E-state index in [4.69, 9.17) is 21.1 Å². The molecule has 0 aliphatic carbocycles. The molecular weight excluding hydrogens is 400 g/mol. The second-order valence-electron chi connectivity index (χ2n) is 6.73. The summed E-state index contributed by atoms with van der Waals surface area (Å²) in [5.41, 5.74) is 6.35. The van der Waals surface area contributed by atoms with Crippen molar-refractivity contribution in [1.29, 1.82) is 0 Å². The molecule has 1 amide bonds. The number of benzene rings is 3. The fourth-order valence-electron chi connectivity index (χ4n) is 2.66. The van der Waals surface area contributed by atoms with Crippen LogP contribution in [0.25, 0.3) is 0 Å². The second-order valence-corrected chi connectivity index (χ2v) is 7.14. The van der Waals surface area contributed by atoms with Gasteiger partial charge in [-0.3, -0.25) is 4.79 Å². The number of nitrogens with one attached hydrogen (secondary N) is 1. The molecule has 0 bridgehead atoms. The normalized spacial score (nSPS) is 10.8. The van der Waals surface area contributed by atoms with Crippen LogP contribution in [-0.4, -0.2) is 18.7 Å². The highest BCUT2D eigenvalue weighted by atomic mass is 35.5. The van der Waals surface area contributed by atoms with Gasteiger partial charge in [-0.15, -0.1) is 0 Å². The third-order valence-electron chi connectivity index (χ3n) is 4.55. The van der Waals surface area contributed by atoms with E-state index in [1.165, 1.54) is 0 Å². The molecule has 3 rings (SSSR count). The number of rotatable bonds is 8. The summed E-state index contributed by atoms with van der Waals surface area (Å²) in [6.07, 6.45) is 1.56. The van der Waals surface area contributed by atoms with E-state index in [0.29, 0.717) is 17.4 Å². The van der Waals surface area contributed by atoms with Crippen LogP contribution in [0.2, 0.25) is 5.02 Å². The number of carbonyl (C=O) groups excluding carboxylic acids is 1. The van der Waals surface area contributed by atoms with Crippen LogP contribution in [0.4, 0.5) is 0 Å². The molecule has 6 heteroatoms. The minimum absolute atomic E-state index is 0.101. The Hall–Kier alpha value is -3.31. The summed E-state index contributed by atoms with van der Waals surface area (Å²) in [6, 6.07) is 20.7. The molecule has 0 spiro atoms. The van der Waals surface area contributed by atoms with Gasteiger partial charge in [0.2, 0.25) is 0 Å². The summed E-state index contributed by atoms with van der Waals surface area (Å²) in [7, 11) is 0. The summed E-state index contributed by atoms with van der Waals surface area (Å²) in [5.74, 6) is 1.09. The van der Waals surface area contributed by atoms with Gasteiger partial charge in [0.1, 0.15) is 18.1 Å². The number of hydrogen-bond donors (Lipinski definition) is 1. The van der Waals surface area contributed by atoms with Crippen LogP contribution in [-0.2, 0) is 11.4 Å². The zero-order chi connectivity index (χ0) is 21.3. The molecule has 0 radical (unpaired) electrons. The predicted molar refractivity (Wildman–Crippen MR) is 119 cm³/mol. The summed E-state index contributed by atoms with van der Waals surface area (Å²) in [5, 5.41) is 4.65. The number of carbonyl (C=O) groups is 1. The molecule has 0 saturated heterocycles. The maximum absolute atomic E-state index is 11.9.